The quantitative estimate of drug-likeness (QED) is 0.408. The summed E-state index contributed by atoms with van der Waals surface area (Å²) in [4.78, 5) is 12.0. The van der Waals surface area contributed by atoms with Crippen LogP contribution in [0.2, 0.25) is 0 Å². The van der Waals surface area contributed by atoms with Crippen molar-refractivity contribution in [1.29, 1.82) is 0 Å². The average molecular weight is 271 g/mol. The Morgan fingerprint density at radius 2 is 2.15 bits per heavy atom. The van der Waals surface area contributed by atoms with E-state index in [-0.39, 0.29) is 12.2 Å². The van der Waals surface area contributed by atoms with Gasteiger partial charge in [-0.2, -0.15) is 4.73 Å². The summed E-state index contributed by atoms with van der Waals surface area (Å²) in [6.07, 6.45) is 1.25. The van der Waals surface area contributed by atoms with Crippen molar-refractivity contribution in [3.05, 3.63) is 46.9 Å². The first-order chi connectivity index (χ1) is 9.63. The van der Waals surface area contributed by atoms with Gasteiger partial charge in [0, 0.05) is 12.3 Å². The van der Waals surface area contributed by atoms with E-state index in [1.807, 2.05) is 18.2 Å². The van der Waals surface area contributed by atoms with E-state index in [2.05, 4.69) is 0 Å². The van der Waals surface area contributed by atoms with Crippen LogP contribution in [0.5, 0.6) is 0 Å². The van der Waals surface area contributed by atoms with E-state index < -0.39 is 5.97 Å². The van der Waals surface area contributed by atoms with Gasteiger partial charge in [0.15, 0.2) is 6.20 Å². The van der Waals surface area contributed by atoms with Gasteiger partial charge in [-0.05, 0) is 13.0 Å². The molecule has 0 saturated heterocycles. The predicted octanol–water partition coefficient (Wildman–Crippen LogP) is 2.70. The summed E-state index contributed by atoms with van der Waals surface area (Å²) in [5.74, 6) is -0.520. The van der Waals surface area contributed by atoms with E-state index in [0.717, 1.165) is 5.39 Å². The molecule has 0 unspecified atom stereocenters. The molecule has 2 heterocycles. The third-order valence-electron chi connectivity index (χ3n) is 3.27. The molecule has 0 aliphatic heterocycles. The standard InChI is InChI=1S/C15H13NO4/c1-3-19-15(17)11-8-16(18)9(2)14-13(11)10-6-4-5-7-12(10)20-14/h4-8H,3H2,1-2H3. The summed E-state index contributed by atoms with van der Waals surface area (Å²) in [5.41, 5.74) is 1.71. The van der Waals surface area contributed by atoms with Gasteiger partial charge in [0.1, 0.15) is 11.1 Å². The number of pyridine rings is 1. The third kappa shape index (κ3) is 1.71. The number of hydrogen-bond acceptors (Lipinski definition) is 4. The first kappa shape index (κ1) is 12.5. The Labute approximate surface area is 115 Å². The maximum atomic E-state index is 12.0. The fourth-order valence-corrected chi connectivity index (χ4v) is 2.31. The Kier molecular flexibility index (Phi) is 2.82. The zero-order chi connectivity index (χ0) is 14.3. The molecule has 0 N–H and O–H groups in total. The first-order valence-electron chi connectivity index (χ1n) is 6.34. The van der Waals surface area contributed by atoms with Gasteiger partial charge in [0.05, 0.1) is 12.0 Å². The van der Waals surface area contributed by atoms with Gasteiger partial charge in [-0.3, -0.25) is 0 Å². The van der Waals surface area contributed by atoms with Crippen LogP contribution < -0.4 is 4.73 Å². The zero-order valence-corrected chi connectivity index (χ0v) is 11.2. The highest BCUT2D eigenvalue weighted by atomic mass is 16.5. The Morgan fingerprint density at radius 1 is 1.40 bits per heavy atom. The molecule has 0 bridgehead atoms. The number of carbonyl (C=O) groups excluding carboxylic acids is 1. The molecule has 20 heavy (non-hydrogen) atoms. The summed E-state index contributed by atoms with van der Waals surface area (Å²) < 4.78 is 11.4. The van der Waals surface area contributed by atoms with Gasteiger partial charge < -0.3 is 14.4 Å². The number of benzene rings is 1. The monoisotopic (exact) mass is 271 g/mol. The molecule has 0 radical (unpaired) electrons. The van der Waals surface area contributed by atoms with Crippen LogP contribution in [-0.4, -0.2) is 12.6 Å². The number of aryl methyl sites for hydroxylation is 1. The minimum absolute atomic E-state index is 0.229. The highest BCUT2D eigenvalue weighted by Crippen LogP contribution is 2.32. The number of furan rings is 1. The van der Waals surface area contributed by atoms with Crippen LogP contribution in [0.15, 0.2) is 34.9 Å². The van der Waals surface area contributed by atoms with E-state index in [1.54, 1.807) is 19.9 Å². The van der Waals surface area contributed by atoms with Gasteiger partial charge in [0.2, 0.25) is 11.3 Å². The fourth-order valence-electron chi connectivity index (χ4n) is 2.31. The van der Waals surface area contributed by atoms with Gasteiger partial charge in [-0.25, -0.2) is 4.79 Å². The van der Waals surface area contributed by atoms with Crippen molar-refractivity contribution in [2.45, 2.75) is 13.8 Å². The molecule has 0 fully saturated rings. The van der Waals surface area contributed by atoms with Gasteiger partial charge in [-0.1, -0.05) is 18.2 Å². The van der Waals surface area contributed by atoms with E-state index in [9.17, 15) is 10.0 Å². The third-order valence-corrected chi connectivity index (χ3v) is 3.27. The second-order valence-corrected chi connectivity index (χ2v) is 4.48. The minimum Gasteiger partial charge on any atom is -0.618 e. The molecule has 0 spiro atoms. The average Bonchev–Trinajstić information content (AvgIpc) is 2.83. The number of nitrogens with zero attached hydrogens (tertiary/aromatic N) is 1. The molecular formula is C15H13NO4. The number of para-hydroxylation sites is 1. The van der Waals surface area contributed by atoms with Crippen molar-refractivity contribution >= 4 is 27.9 Å². The lowest BCUT2D eigenvalue weighted by Crippen LogP contribution is -2.31. The minimum atomic E-state index is -0.520. The predicted molar refractivity (Wildman–Crippen MR) is 73.4 cm³/mol. The molecule has 102 valence electrons. The molecule has 1 aromatic carbocycles. The van der Waals surface area contributed by atoms with Crippen molar-refractivity contribution in [3.8, 4) is 0 Å². The van der Waals surface area contributed by atoms with Crippen LogP contribution in [0.25, 0.3) is 21.9 Å². The molecular weight excluding hydrogens is 258 g/mol. The molecule has 5 nitrogen and oxygen atoms in total. The molecule has 2 aromatic heterocycles. The molecule has 0 aliphatic carbocycles. The van der Waals surface area contributed by atoms with Crippen molar-refractivity contribution in [1.82, 2.24) is 0 Å². The number of hydrogen-bond donors (Lipinski definition) is 0. The summed E-state index contributed by atoms with van der Waals surface area (Å²) in [7, 11) is 0. The van der Waals surface area contributed by atoms with E-state index >= 15 is 0 Å². The molecule has 5 heteroatoms. The van der Waals surface area contributed by atoms with Crippen molar-refractivity contribution < 1.29 is 18.7 Å². The van der Waals surface area contributed by atoms with E-state index in [4.69, 9.17) is 9.15 Å². The smallest absolute Gasteiger partial charge is 0.345 e. The van der Waals surface area contributed by atoms with Crippen LogP contribution in [0, 0.1) is 12.1 Å². The van der Waals surface area contributed by atoms with Crippen LogP contribution in [-0.2, 0) is 4.74 Å². The van der Waals surface area contributed by atoms with E-state index in [0.29, 0.717) is 27.0 Å². The molecule has 0 aliphatic rings. The number of rotatable bonds is 2. The fraction of sp³-hybridized carbons (Fsp3) is 0.200. The summed E-state index contributed by atoms with van der Waals surface area (Å²) >= 11 is 0. The van der Waals surface area contributed by atoms with Gasteiger partial charge in [-0.15, -0.1) is 0 Å². The highest BCUT2D eigenvalue weighted by Gasteiger charge is 2.24. The Morgan fingerprint density at radius 3 is 2.90 bits per heavy atom. The molecule has 0 atom stereocenters. The van der Waals surface area contributed by atoms with Gasteiger partial charge in [0.25, 0.3) is 0 Å². The Bertz CT molecular complexity index is 819. The van der Waals surface area contributed by atoms with Crippen molar-refractivity contribution in [2.75, 3.05) is 6.61 Å². The number of aromatic nitrogens is 1. The normalized spacial score (nSPS) is 11.1. The Hall–Kier alpha value is -2.56. The lowest BCUT2D eigenvalue weighted by Gasteiger charge is -2.05. The Balaban J connectivity index is 2.44. The summed E-state index contributed by atoms with van der Waals surface area (Å²) in [6.45, 7) is 3.64. The second-order valence-electron chi connectivity index (χ2n) is 4.48. The molecule has 3 rings (SSSR count). The largest absolute Gasteiger partial charge is 0.618 e. The first-order valence-corrected chi connectivity index (χ1v) is 6.34. The zero-order valence-electron chi connectivity index (χ0n) is 11.2. The van der Waals surface area contributed by atoms with Crippen LogP contribution in [0.3, 0.4) is 0 Å². The molecule has 0 saturated carbocycles. The lowest BCUT2D eigenvalue weighted by molar-refractivity contribution is -0.611. The van der Waals surface area contributed by atoms with Crippen LogP contribution in [0.1, 0.15) is 23.0 Å². The molecule has 0 amide bonds. The lowest BCUT2D eigenvalue weighted by atomic mass is 10.1. The SMILES string of the molecule is CCOC(=O)c1c[n+]([O-])c(C)c2oc3ccccc3c12. The summed E-state index contributed by atoms with van der Waals surface area (Å²) in [6, 6.07) is 7.37. The molecule has 3 aromatic rings. The number of fused-ring (bicyclic) bond motifs is 3. The number of ether oxygens (including phenoxy) is 1. The second kappa shape index (κ2) is 4.52. The summed E-state index contributed by atoms with van der Waals surface area (Å²) in [5, 5.41) is 13.3. The van der Waals surface area contributed by atoms with Crippen LogP contribution >= 0.6 is 0 Å². The van der Waals surface area contributed by atoms with Crippen molar-refractivity contribution in [2.24, 2.45) is 0 Å². The maximum absolute atomic E-state index is 12.0. The number of esters is 1. The van der Waals surface area contributed by atoms with E-state index in [1.165, 1.54) is 6.20 Å². The van der Waals surface area contributed by atoms with Crippen molar-refractivity contribution in [3.63, 3.8) is 0 Å². The topological polar surface area (TPSA) is 66.4 Å². The van der Waals surface area contributed by atoms with Crippen LogP contribution in [0.4, 0.5) is 0 Å². The maximum Gasteiger partial charge on any atom is 0.345 e. The number of carbonyl (C=O) groups is 1. The van der Waals surface area contributed by atoms with Gasteiger partial charge >= 0.3 is 5.97 Å². The highest BCUT2D eigenvalue weighted by molar-refractivity contribution is 6.14.